The minimum atomic E-state index is -0.327. The number of pyridine rings is 1. The van der Waals surface area contributed by atoms with E-state index in [1.54, 1.807) is 24.3 Å². The summed E-state index contributed by atoms with van der Waals surface area (Å²) in [7, 11) is 0. The lowest BCUT2D eigenvalue weighted by atomic mass is 10.1. The molecule has 110 valence electrons. The Morgan fingerprint density at radius 1 is 1.27 bits per heavy atom. The molecule has 0 atom stereocenters. The van der Waals surface area contributed by atoms with E-state index in [-0.39, 0.29) is 17.6 Å². The van der Waals surface area contributed by atoms with Crippen LogP contribution in [0.2, 0.25) is 0 Å². The van der Waals surface area contributed by atoms with Gasteiger partial charge in [0.25, 0.3) is 0 Å². The third-order valence-corrected chi connectivity index (χ3v) is 3.71. The maximum absolute atomic E-state index is 13.4. The smallest absolute Gasteiger partial charge is 0.228 e. The normalized spacial score (nSPS) is 14.2. The number of carbonyl (C=O) groups is 1. The Bertz CT molecular complexity index is 869. The molecule has 1 aliphatic carbocycles. The SMILES string of the molecule is O=C(Nc1ccc2[nH]nc(-c3cccc(F)c3)c2n1)C1CC1. The molecule has 0 spiro atoms. The second kappa shape index (κ2) is 4.91. The number of H-pyrrole nitrogens is 1. The molecule has 0 bridgehead atoms. The topological polar surface area (TPSA) is 70.7 Å². The number of nitrogens with zero attached hydrogens (tertiary/aromatic N) is 2. The zero-order valence-electron chi connectivity index (χ0n) is 11.6. The van der Waals surface area contributed by atoms with E-state index in [9.17, 15) is 9.18 Å². The van der Waals surface area contributed by atoms with Gasteiger partial charge in [-0.3, -0.25) is 9.89 Å². The molecule has 2 heterocycles. The van der Waals surface area contributed by atoms with E-state index < -0.39 is 0 Å². The van der Waals surface area contributed by atoms with Gasteiger partial charge in [-0.05, 0) is 37.1 Å². The minimum Gasteiger partial charge on any atom is -0.310 e. The zero-order valence-corrected chi connectivity index (χ0v) is 11.6. The number of hydrogen-bond donors (Lipinski definition) is 2. The molecule has 3 aromatic rings. The quantitative estimate of drug-likeness (QED) is 0.780. The number of fused-ring (bicyclic) bond motifs is 1. The number of aromatic nitrogens is 3. The molecule has 1 amide bonds. The molecule has 1 saturated carbocycles. The van der Waals surface area contributed by atoms with Crippen LogP contribution in [0.1, 0.15) is 12.8 Å². The number of rotatable bonds is 3. The Morgan fingerprint density at radius 3 is 2.91 bits per heavy atom. The number of halogens is 1. The first-order valence-electron chi connectivity index (χ1n) is 7.12. The van der Waals surface area contributed by atoms with E-state index in [2.05, 4.69) is 20.5 Å². The molecule has 2 aromatic heterocycles. The summed E-state index contributed by atoms with van der Waals surface area (Å²) in [5, 5.41) is 9.89. The fraction of sp³-hybridized carbons (Fsp3) is 0.188. The maximum Gasteiger partial charge on any atom is 0.228 e. The van der Waals surface area contributed by atoms with Crippen molar-refractivity contribution in [3.63, 3.8) is 0 Å². The van der Waals surface area contributed by atoms with Crippen molar-refractivity contribution in [2.45, 2.75) is 12.8 Å². The summed E-state index contributed by atoms with van der Waals surface area (Å²) < 4.78 is 13.4. The highest BCUT2D eigenvalue weighted by atomic mass is 19.1. The molecule has 0 aliphatic heterocycles. The van der Waals surface area contributed by atoms with E-state index >= 15 is 0 Å². The van der Waals surface area contributed by atoms with Crippen LogP contribution in [0, 0.1) is 11.7 Å². The van der Waals surface area contributed by atoms with E-state index in [0.717, 1.165) is 18.4 Å². The van der Waals surface area contributed by atoms with E-state index in [1.807, 2.05) is 0 Å². The average Bonchev–Trinajstić information content (AvgIpc) is 3.28. The van der Waals surface area contributed by atoms with Crippen LogP contribution in [0.25, 0.3) is 22.3 Å². The molecule has 0 saturated heterocycles. The molecular weight excluding hydrogens is 283 g/mol. The van der Waals surface area contributed by atoms with Crippen molar-refractivity contribution in [3.05, 3.63) is 42.2 Å². The minimum absolute atomic E-state index is 0.00245. The second-order valence-electron chi connectivity index (χ2n) is 5.44. The third kappa shape index (κ3) is 2.32. The van der Waals surface area contributed by atoms with Crippen LogP contribution in [-0.4, -0.2) is 21.1 Å². The van der Waals surface area contributed by atoms with Crippen molar-refractivity contribution < 1.29 is 9.18 Å². The van der Waals surface area contributed by atoms with E-state index in [4.69, 9.17) is 0 Å². The Morgan fingerprint density at radius 2 is 2.14 bits per heavy atom. The van der Waals surface area contributed by atoms with Crippen molar-refractivity contribution in [2.75, 3.05) is 5.32 Å². The largest absolute Gasteiger partial charge is 0.310 e. The molecule has 22 heavy (non-hydrogen) atoms. The first kappa shape index (κ1) is 12.9. The van der Waals surface area contributed by atoms with Crippen LogP contribution in [0.5, 0.6) is 0 Å². The monoisotopic (exact) mass is 296 g/mol. The van der Waals surface area contributed by atoms with Crippen molar-refractivity contribution in [1.29, 1.82) is 0 Å². The van der Waals surface area contributed by atoms with Crippen molar-refractivity contribution in [3.8, 4) is 11.3 Å². The number of aromatic amines is 1. The Hall–Kier alpha value is -2.76. The van der Waals surface area contributed by atoms with Gasteiger partial charge in [0.1, 0.15) is 22.8 Å². The molecule has 6 heteroatoms. The van der Waals surface area contributed by atoms with Crippen molar-refractivity contribution in [2.24, 2.45) is 5.92 Å². The van der Waals surface area contributed by atoms with Crippen LogP contribution < -0.4 is 5.32 Å². The highest BCUT2D eigenvalue weighted by molar-refractivity contribution is 5.96. The molecule has 1 aromatic carbocycles. The molecule has 0 unspecified atom stereocenters. The zero-order chi connectivity index (χ0) is 15.1. The highest BCUT2D eigenvalue weighted by Gasteiger charge is 2.29. The van der Waals surface area contributed by atoms with Gasteiger partial charge in [0.2, 0.25) is 5.91 Å². The molecular formula is C16H13FN4O. The first-order valence-corrected chi connectivity index (χ1v) is 7.12. The standard InChI is InChI=1S/C16H13FN4O/c17-11-3-1-2-10(8-11)14-15-12(20-21-14)6-7-13(18-15)19-16(22)9-4-5-9/h1-3,6-9H,4-5H2,(H,20,21)(H,18,19,22). The second-order valence-corrected chi connectivity index (χ2v) is 5.44. The molecule has 4 rings (SSSR count). The number of carbonyl (C=O) groups excluding carboxylic acids is 1. The molecule has 1 aliphatic rings. The third-order valence-electron chi connectivity index (χ3n) is 3.71. The van der Waals surface area contributed by atoms with Crippen LogP contribution in [-0.2, 0) is 4.79 Å². The van der Waals surface area contributed by atoms with E-state index in [0.29, 0.717) is 22.6 Å². The summed E-state index contributed by atoms with van der Waals surface area (Å²) in [6.07, 6.45) is 1.88. The Balaban J connectivity index is 1.74. The average molecular weight is 296 g/mol. The molecule has 2 N–H and O–H groups in total. The van der Waals surface area contributed by atoms with Gasteiger partial charge in [0, 0.05) is 11.5 Å². The van der Waals surface area contributed by atoms with Gasteiger partial charge in [0.05, 0.1) is 5.52 Å². The van der Waals surface area contributed by atoms with Crippen LogP contribution in [0.4, 0.5) is 10.2 Å². The van der Waals surface area contributed by atoms with Gasteiger partial charge >= 0.3 is 0 Å². The number of hydrogen-bond acceptors (Lipinski definition) is 3. The lowest BCUT2D eigenvalue weighted by Gasteiger charge is -2.03. The summed E-state index contributed by atoms with van der Waals surface area (Å²) in [6, 6.07) is 9.73. The van der Waals surface area contributed by atoms with E-state index in [1.165, 1.54) is 12.1 Å². The fourth-order valence-electron chi connectivity index (χ4n) is 2.38. The Labute approximate surface area is 125 Å². The maximum atomic E-state index is 13.4. The summed E-state index contributed by atoms with van der Waals surface area (Å²) >= 11 is 0. The number of benzene rings is 1. The Kier molecular flexibility index (Phi) is 2.89. The summed E-state index contributed by atoms with van der Waals surface area (Å²) in [6.45, 7) is 0. The van der Waals surface area contributed by atoms with Crippen LogP contribution in [0.15, 0.2) is 36.4 Å². The van der Waals surface area contributed by atoms with Gasteiger partial charge < -0.3 is 5.32 Å². The first-order chi connectivity index (χ1) is 10.7. The summed E-state index contributed by atoms with van der Waals surface area (Å²) in [4.78, 5) is 16.3. The predicted molar refractivity (Wildman–Crippen MR) is 80.6 cm³/mol. The highest BCUT2D eigenvalue weighted by Crippen LogP contribution is 2.31. The van der Waals surface area contributed by atoms with Gasteiger partial charge in [-0.1, -0.05) is 12.1 Å². The fourth-order valence-corrected chi connectivity index (χ4v) is 2.38. The molecule has 0 radical (unpaired) electrons. The molecule has 5 nitrogen and oxygen atoms in total. The lowest BCUT2D eigenvalue weighted by Crippen LogP contribution is -2.14. The summed E-state index contributed by atoms with van der Waals surface area (Å²) in [5.41, 5.74) is 2.56. The number of anilines is 1. The van der Waals surface area contributed by atoms with Gasteiger partial charge in [-0.15, -0.1) is 0 Å². The molecule has 1 fully saturated rings. The van der Waals surface area contributed by atoms with Crippen molar-refractivity contribution >= 4 is 22.8 Å². The lowest BCUT2D eigenvalue weighted by molar-refractivity contribution is -0.117. The summed E-state index contributed by atoms with van der Waals surface area (Å²) in [5.74, 6) is 0.280. The van der Waals surface area contributed by atoms with Gasteiger partial charge in [-0.25, -0.2) is 9.37 Å². The predicted octanol–water partition coefficient (Wildman–Crippen LogP) is 3.11. The number of amides is 1. The van der Waals surface area contributed by atoms with Gasteiger partial charge in [0.15, 0.2) is 0 Å². The van der Waals surface area contributed by atoms with Crippen LogP contribution in [0.3, 0.4) is 0 Å². The van der Waals surface area contributed by atoms with Crippen molar-refractivity contribution in [1.82, 2.24) is 15.2 Å². The number of nitrogens with one attached hydrogen (secondary N) is 2. The van der Waals surface area contributed by atoms with Crippen LogP contribution >= 0.6 is 0 Å². The van der Waals surface area contributed by atoms with Gasteiger partial charge in [-0.2, -0.15) is 5.10 Å².